The molecular weight excluding hydrogens is 282 g/mol. The van der Waals surface area contributed by atoms with E-state index in [0.717, 1.165) is 17.1 Å². The van der Waals surface area contributed by atoms with Crippen molar-refractivity contribution in [3.63, 3.8) is 0 Å². The lowest BCUT2D eigenvalue weighted by molar-refractivity contribution is 0.130. The number of hydrogen-bond donors (Lipinski definition) is 1. The van der Waals surface area contributed by atoms with Crippen LogP contribution in [0.25, 0.3) is 0 Å². The molecule has 1 fully saturated rings. The lowest BCUT2D eigenvalue weighted by Gasteiger charge is -2.21. The summed E-state index contributed by atoms with van der Waals surface area (Å²) in [7, 11) is 0. The number of thioether (sulfide) groups is 1. The van der Waals surface area contributed by atoms with Crippen molar-refractivity contribution in [1.82, 2.24) is 5.32 Å². The third-order valence-electron chi connectivity index (χ3n) is 3.60. The second-order valence-corrected chi connectivity index (χ2v) is 7.78. The van der Waals surface area contributed by atoms with Crippen molar-refractivity contribution in [3.8, 4) is 5.75 Å². The first-order valence-electron chi connectivity index (χ1n) is 7.61. The molecule has 2 rings (SSSR count). The summed E-state index contributed by atoms with van der Waals surface area (Å²) >= 11 is 1.24. The van der Waals surface area contributed by atoms with Gasteiger partial charge in [0.05, 0.1) is 0 Å². The van der Waals surface area contributed by atoms with Gasteiger partial charge in [0.25, 0.3) is 5.24 Å². The van der Waals surface area contributed by atoms with Crippen LogP contribution in [0.4, 0.5) is 4.79 Å². The molecule has 1 aromatic carbocycles. The van der Waals surface area contributed by atoms with E-state index >= 15 is 0 Å². The second kappa shape index (κ2) is 6.73. The highest BCUT2D eigenvalue weighted by molar-refractivity contribution is 8.13. The summed E-state index contributed by atoms with van der Waals surface area (Å²) in [6, 6.07) is 8.05. The Morgan fingerprint density at radius 2 is 2.10 bits per heavy atom. The van der Waals surface area contributed by atoms with Crippen LogP contribution in [0.3, 0.4) is 0 Å². The van der Waals surface area contributed by atoms with E-state index in [2.05, 4.69) is 12.2 Å². The van der Waals surface area contributed by atoms with Gasteiger partial charge in [-0.2, -0.15) is 0 Å². The average Bonchev–Trinajstić information content (AvgIpc) is 2.73. The molecule has 4 heteroatoms. The summed E-state index contributed by atoms with van der Waals surface area (Å²) in [5.41, 5.74) is -0.231. The predicted octanol–water partition coefficient (Wildman–Crippen LogP) is 4.85. The van der Waals surface area contributed by atoms with Gasteiger partial charge in [-0.15, -0.1) is 0 Å². The molecule has 3 nitrogen and oxygen atoms in total. The number of hydrogen-bond acceptors (Lipinski definition) is 3. The van der Waals surface area contributed by atoms with E-state index in [1.54, 1.807) is 0 Å². The van der Waals surface area contributed by atoms with E-state index in [9.17, 15) is 4.79 Å². The quantitative estimate of drug-likeness (QED) is 0.811. The summed E-state index contributed by atoms with van der Waals surface area (Å²) in [5, 5.41) is 3.16. The van der Waals surface area contributed by atoms with Gasteiger partial charge in [-0.1, -0.05) is 19.4 Å². The fourth-order valence-corrected chi connectivity index (χ4v) is 3.35. The normalized spacial score (nSPS) is 22.1. The highest BCUT2D eigenvalue weighted by atomic mass is 32.2. The van der Waals surface area contributed by atoms with Crippen LogP contribution in [0.5, 0.6) is 5.75 Å². The number of benzene rings is 1. The molecule has 0 aliphatic heterocycles. The van der Waals surface area contributed by atoms with Crippen molar-refractivity contribution in [2.75, 3.05) is 0 Å². The molecular formula is C17H25NO2S. The molecule has 2 unspecified atom stereocenters. The third kappa shape index (κ3) is 5.27. The predicted molar refractivity (Wildman–Crippen MR) is 88.0 cm³/mol. The maximum absolute atomic E-state index is 12.1. The zero-order chi connectivity index (χ0) is 15.5. The first-order chi connectivity index (χ1) is 9.83. The lowest BCUT2D eigenvalue weighted by Crippen LogP contribution is -2.33. The van der Waals surface area contributed by atoms with Gasteiger partial charge in [-0.25, -0.2) is 0 Å². The molecule has 116 valence electrons. The zero-order valence-corrected chi connectivity index (χ0v) is 14.1. The molecule has 0 spiro atoms. The van der Waals surface area contributed by atoms with E-state index in [-0.39, 0.29) is 10.8 Å². The smallest absolute Gasteiger partial charge is 0.284 e. The standard InChI is InChI=1S/C17H25NO2S/c1-12-7-5-10-15(12)18-16(19)21-14-9-6-8-13(11-14)20-17(2,3)4/h6,8-9,11-12,15H,5,7,10H2,1-4H3,(H,18,19). The monoisotopic (exact) mass is 307 g/mol. The van der Waals surface area contributed by atoms with Gasteiger partial charge in [-0.3, -0.25) is 4.79 Å². The van der Waals surface area contributed by atoms with Gasteiger partial charge in [-0.05, 0) is 69.5 Å². The zero-order valence-electron chi connectivity index (χ0n) is 13.3. The molecule has 0 saturated heterocycles. The fourth-order valence-electron chi connectivity index (χ4n) is 2.60. The van der Waals surface area contributed by atoms with Crippen LogP contribution < -0.4 is 10.1 Å². The number of rotatable bonds is 3. The van der Waals surface area contributed by atoms with E-state index in [0.29, 0.717) is 12.0 Å². The fraction of sp³-hybridized carbons (Fsp3) is 0.588. The largest absolute Gasteiger partial charge is 0.488 e. The molecule has 0 radical (unpaired) electrons. The van der Waals surface area contributed by atoms with Crippen LogP contribution in [-0.2, 0) is 0 Å². The van der Waals surface area contributed by atoms with Crippen molar-refractivity contribution in [3.05, 3.63) is 24.3 Å². The molecule has 1 aliphatic rings. The Labute approximate surface area is 131 Å². The maximum atomic E-state index is 12.1. The van der Waals surface area contributed by atoms with Gasteiger partial charge in [0.2, 0.25) is 0 Å². The van der Waals surface area contributed by atoms with Crippen LogP contribution in [0.2, 0.25) is 0 Å². The summed E-state index contributed by atoms with van der Waals surface area (Å²) in [6.45, 7) is 8.25. The van der Waals surface area contributed by atoms with Crippen LogP contribution in [0.1, 0.15) is 47.0 Å². The van der Waals surface area contributed by atoms with Crippen molar-refractivity contribution in [2.24, 2.45) is 5.92 Å². The molecule has 0 aromatic heterocycles. The number of amides is 1. The Morgan fingerprint density at radius 3 is 2.71 bits per heavy atom. The van der Waals surface area contributed by atoms with Crippen molar-refractivity contribution in [1.29, 1.82) is 0 Å². The second-order valence-electron chi connectivity index (χ2n) is 6.74. The summed E-state index contributed by atoms with van der Waals surface area (Å²) in [5.74, 6) is 1.39. The van der Waals surface area contributed by atoms with Crippen LogP contribution >= 0.6 is 11.8 Å². The van der Waals surface area contributed by atoms with Crippen molar-refractivity contribution < 1.29 is 9.53 Å². The molecule has 0 bridgehead atoms. The number of nitrogens with one attached hydrogen (secondary N) is 1. The van der Waals surface area contributed by atoms with E-state index < -0.39 is 0 Å². The van der Waals surface area contributed by atoms with E-state index in [4.69, 9.17) is 4.74 Å². The Hall–Kier alpha value is -1.16. The summed E-state index contributed by atoms with van der Waals surface area (Å²) in [4.78, 5) is 13.0. The molecule has 1 N–H and O–H groups in total. The first-order valence-corrected chi connectivity index (χ1v) is 8.42. The summed E-state index contributed by atoms with van der Waals surface area (Å²) < 4.78 is 5.83. The minimum Gasteiger partial charge on any atom is -0.488 e. The van der Waals surface area contributed by atoms with Crippen molar-refractivity contribution in [2.45, 2.75) is 63.5 Å². The minimum atomic E-state index is -0.231. The summed E-state index contributed by atoms with van der Waals surface area (Å²) in [6.07, 6.45) is 3.52. The molecule has 1 aliphatic carbocycles. The minimum absolute atomic E-state index is 0.0293. The van der Waals surface area contributed by atoms with Crippen molar-refractivity contribution >= 4 is 17.0 Å². The molecule has 21 heavy (non-hydrogen) atoms. The topological polar surface area (TPSA) is 38.3 Å². The Balaban J connectivity index is 1.93. The Morgan fingerprint density at radius 1 is 1.33 bits per heavy atom. The van der Waals surface area contributed by atoms with E-state index in [1.165, 1.54) is 24.6 Å². The molecule has 1 saturated carbocycles. The molecule has 0 heterocycles. The Bertz CT molecular complexity index is 496. The molecule has 2 atom stereocenters. The third-order valence-corrected chi connectivity index (χ3v) is 4.40. The SMILES string of the molecule is CC1CCCC1NC(=O)Sc1cccc(OC(C)(C)C)c1. The van der Waals surface area contributed by atoms with Gasteiger partial charge < -0.3 is 10.1 Å². The Kier molecular flexibility index (Phi) is 5.20. The highest BCUT2D eigenvalue weighted by Crippen LogP contribution is 2.28. The van der Waals surface area contributed by atoms with Crippen LogP contribution in [-0.4, -0.2) is 16.9 Å². The van der Waals surface area contributed by atoms with Gasteiger partial charge in [0.15, 0.2) is 0 Å². The van der Waals surface area contributed by atoms with Crippen LogP contribution in [0, 0.1) is 5.92 Å². The first kappa shape index (κ1) is 16.2. The number of carbonyl (C=O) groups is 1. The number of ether oxygens (including phenoxy) is 1. The highest BCUT2D eigenvalue weighted by Gasteiger charge is 2.25. The van der Waals surface area contributed by atoms with Gasteiger partial charge in [0, 0.05) is 10.9 Å². The molecule has 1 amide bonds. The maximum Gasteiger partial charge on any atom is 0.284 e. The number of carbonyl (C=O) groups excluding carboxylic acids is 1. The lowest BCUT2D eigenvalue weighted by atomic mass is 10.1. The van der Waals surface area contributed by atoms with E-state index in [1.807, 2.05) is 45.0 Å². The van der Waals surface area contributed by atoms with Gasteiger partial charge in [0.1, 0.15) is 11.4 Å². The van der Waals surface area contributed by atoms with Crippen LogP contribution in [0.15, 0.2) is 29.2 Å². The average molecular weight is 307 g/mol. The molecule has 1 aromatic rings. The van der Waals surface area contributed by atoms with Gasteiger partial charge >= 0.3 is 0 Å².